The van der Waals surface area contributed by atoms with E-state index in [1.54, 1.807) is 32.0 Å². The number of furan rings is 1. The summed E-state index contributed by atoms with van der Waals surface area (Å²) in [7, 11) is -2.88. The zero-order valence-electron chi connectivity index (χ0n) is 18.6. The first-order valence-corrected chi connectivity index (χ1v) is 12.6. The second-order valence-electron chi connectivity index (χ2n) is 8.00. The lowest BCUT2D eigenvalue weighted by atomic mass is 10.1. The quantitative estimate of drug-likeness (QED) is 0.315. The highest BCUT2D eigenvalue weighted by Crippen LogP contribution is 2.35. The first kappa shape index (κ1) is 24.9. The van der Waals surface area contributed by atoms with Gasteiger partial charge in [-0.1, -0.05) is 13.8 Å². The van der Waals surface area contributed by atoms with Crippen LogP contribution in [0.5, 0.6) is 0 Å². The number of nitrogens with one attached hydrogen (secondary N) is 2. The Morgan fingerprint density at radius 2 is 1.86 bits per heavy atom. The van der Waals surface area contributed by atoms with Gasteiger partial charge in [0.15, 0.2) is 10.8 Å². The molecule has 4 aromatic rings. The molecule has 1 atom stereocenters. The van der Waals surface area contributed by atoms with Gasteiger partial charge in [0, 0.05) is 27.9 Å². The maximum absolute atomic E-state index is 13.0. The number of carbonyl (C=O) groups is 1. The molecule has 0 aliphatic heterocycles. The number of thiazole rings is 1. The zero-order valence-corrected chi connectivity index (χ0v) is 20.3. The second-order valence-corrected chi connectivity index (χ2v) is 10.6. The fraction of sp³-hybridized carbons (Fsp3) is 0.273. The molecule has 13 heteroatoms. The Bertz CT molecular complexity index is 1510. The highest BCUT2D eigenvalue weighted by atomic mass is 32.2. The Morgan fingerprint density at radius 1 is 1.11 bits per heavy atom. The number of nitrogens with zero attached hydrogens (tertiary/aromatic N) is 1. The second kappa shape index (κ2) is 9.13. The normalized spacial score (nSPS) is 13.5. The lowest BCUT2D eigenvalue weighted by molar-refractivity contribution is -0.143. The molecule has 0 fully saturated rings. The van der Waals surface area contributed by atoms with Crippen LogP contribution in [0.1, 0.15) is 19.5 Å². The van der Waals surface area contributed by atoms with Crippen LogP contribution in [0, 0.1) is 5.92 Å². The van der Waals surface area contributed by atoms with Crippen molar-refractivity contribution in [1.29, 1.82) is 0 Å². The van der Waals surface area contributed by atoms with Crippen LogP contribution >= 0.6 is 11.3 Å². The zero-order chi connectivity index (χ0) is 25.5. The first-order valence-electron chi connectivity index (χ1n) is 10.3. The van der Waals surface area contributed by atoms with Crippen LogP contribution in [0.15, 0.2) is 51.1 Å². The summed E-state index contributed by atoms with van der Waals surface area (Å²) in [6, 6.07) is 8.10. The fourth-order valence-electron chi connectivity index (χ4n) is 3.40. The summed E-state index contributed by atoms with van der Waals surface area (Å²) in [6.07, 6.45) is -4.53. The number of esters is 1. The number of sulfonamides is 1. The molecule has 0 aliphatic rings. The van der Waals surface area contributed by atoms with Crippen molar-refractivity contribution >= 4 is 60.1 Å². The molecule has 0 spiro atoms. The molecule has 2 aromatic carbocycles. The van der Waals surface area contributed by atoms with Crippen molar-refractivity contribution in [1.82, 2.24) is 9.71 Å². The predicted molar refractivity (Wildman–Crippen MR) is 125 cm³/mol. The van der Waals surface area contributed by atoms with E-state index in [4.69, 9.17) is 9.15 Å². The lowest BCUT2D eigenvalue weighted by Crippen LogP contribution is -2.44. The van der Waals surface area contributed by atoms with E-state index < -0.39 is 33.9 Å². The Morgan fingerprint density at radius 3 is 2.49 bits per heavy atom. The molecule has 1 unspecified atom stereocenters. The summed E-state index contributed by atoms with van der Waals surface area (Å²) in [4.78, 5) is 15.5. The van der Waals surface area contributed by atoms with Gasteiger partial charge in [0.1, 0.15) is 17.2 Å². The third-order valence-electron chi connectivity index (χ3n) is 5.20. The SMILES string of the molecule is COC(=O)C(NS(=O)(=O)c1ccc2oc3cc(Nc4nc(C(F)(F)F)cs4)ccc3c2c1)C(C)C. The number of alkyl halides is 3. The average molecular weight is 528 g/mol. The summed E-state index contributed by atoms with van der Waals surface area (Å²) >= 11 is 0.817. The summed E-state index contributed by atoms with van der Waals surface area (Å²) < 4.78 is 77.1. The molecule has 4 rings (SSSR count). The summed E-state index contributed by atoms with van der Waals surface area (Å²) in [5, 5.41) is 4.92. The maximum atomic E-state index is 13.0. The van der Waals surface area contributed by atoms with E-state index in [0.29, 0.717) is 27.6 Å². The van der Waals surface area contributed by atoms with Crippen LogP contribution in [-0.2, 0) is 25.7 Å². The molecule has 2 heterocycles. The van der Waals surface area contributed by atoms with Crippen LogP contribution in [0.2, 0.25) is 0 Å². The van der Waals surface area contributed by atoms with Gasteiger partial charge in [-0.25, -0.2) is 13.4 Å². The van der Waals surface area contributed by atoms with Crippen molar-refractivity contribution in [2.45, 2.75) is 31.0 Å². The molecule has 0 saturated heterocycles. The van der Waals surface area contributed by atoms with Gasteiger partial charge in [0.05, 0.1) is 12.0 Å². The number of ether oxygens (including phenoxy) is 1. The lowest BCUT2D eigenvalue weighted by Gasteiger charge is -2.19. The fourth-order valence-corrected chi connectivity index (χ4v) is 5.50. The molecule has 35 heavy (non-hydrogen) atoms. The minimum Gasteiger partial charge on any atom is -0.468 e. The van der Waals surface area contributed by atoms with Gasteiger partial charge in [0.2, 0.25) is 10.0 Å². The van der Waals surface area contributed by atoms with Gasteiger partial charge >= 0.3 is 12.1 Å². The van der Waals surface area contributed by atoms with E-state index in [-0.39, 0.29) is 15.9 Å². The predicted octanol–water partition coefficient (Wildman–Crippen LogP) is 5.28. The van der Waals surface area contributed by atoms with Gasteiger partial charge in [-0.05, 0) is 36.2 Å². The summed E-state index contributed by atoms with van der Waals surface area (Å²) in [6.45, 7) is 3.39. The number of carbonyl (C=O) groups excluding carboxylic acids is 1. The molecular formula is C22H20F3N3O5S2. The molecule has 8 nitrogen and oxygen atoms in total. The van der Waals surface area contributed by atoms with Gasteiger partial charge in [-0.15, -0.1) is 11.3 Å². The van der Waals surface area contributed by atoms with Crippen LogP contribution in [0.4, 0.5) is 24.0 Å². The van der Waals surface area contributed by atoms with Crippen molar-refractivity contribution < 1.29 is 35.5 Å². The smallest absolute Gasteiger partial charge is 0.434 e. The topological polar surface area (TPSA) is 111 Å². The molecule has 0 radical (unpaired) electrons. The largest absolute Gasteiger partial charge is 0.468 e. The molecule has 0 bridgehead atoms. The minimum atomic E-state index is -4.53. The number of rotatable bonds is 7. The Kier molecular flexibility index (Phi) is 6.51. The minimum absolute atomic E-state index is 0.0630. The van der Waals surface area contributed by atoms with Gasteiger partial charge in [-0.2, -0.15) is 17.9 Å². The molecule has 0 aliphatic carbocycles. The van der Waals surface area contributed by atoms with Crippen molar-refractivity contribution in [2.24, 2.45) is 5.92 Å². The monoisotopic (exact) mass is 527 g/mol. The van der Waals surface area contributed by atoms with Crippen molar-refractivity contribution in [3.8, 4) is 0 Å². The van der Waals surface area contributed by atoms with Gasteiger partial charge < -0.3 is 14.5 Å². The average Bonchev–Trinajstić information content (AvgIpc) is 3.40. The third-order valence-corrected chi connectivity index (χ3v) is 7.40. The highest BCUT2D eigenvalue weighted by Gasteiger charge is 2.34. The Hall–Kier alpha value is -3.16. The number of benzene rings is 2. The molecule has 0 amide bonds. The number of fused-ring (bicyclic) bond motifs is 3. The van der Waals surface area contributed by atoms with E-state index in [0.717, 1.165) is 16.7 Å². The third kappa shape index (κ3) is 5.11. The van der Waals surface area contributed by atoms with E-state index in [1.807, 2.05) is 0 Å². The van der Waals surface area contributed by atoms with Crippen molar-refractivity contribution in [3.05, 3.63) is 47.5 Å². The van der Waals surface area contributed by atoms with Crippen molar-refractivity contribution in [3.63, 3.8) is 0 Å². The van der Waals surface area contributed by atoms with Crippen LogP contribution < -0.4 is 10.0 Å². The Labute approximate surface area is 202 Å². The van der Waals surface area contributed by atoms with Crippen LogP contribution in [-0.4, -0.2) is 32.5 Å². The standard InChI is InChI=1S/C22H20F3N3O5S2/c1-11(2)19(20(29)32-3)28-35(30,31)13-5-7-16-15(9-13)14-6-4-12(8-17(14)33-16)26-21-27-18(10-34-21)22(23,24)25/h4-11,19,28H,1-3H3,(H,26,27). The molecule has 0 saturated carbocycles. The molecule has 2 N–H and O–H groups in total. The number of methoxy groups -OCH3 is 1. The molecule has 2 aromatic heterocycles. The van der Waals surface area contributed by atoms with E-state index in [9.17, 15) is 26.4 Å². The van der Waals surface area contributed by atoms with Gasteiger partial charge in [-0.3, -0.25) is 4.79 Å². The van der Waals surface area contributed by atoms with Crippen LogP contribution in [0.3, 0.4) is 0 Å². The first-order chi connectivity index (χ1) is 16.4. The van der Waals surface area contributed by atoms with Gasteiger partial charge in [0.25, 0.3) is 0 Å². The number of anilines is 2. The molecule has 186 valence electrons. The number of halogens is 3. The molecular weight excluding hydrogens is 507 g/mol. The summed E-state index contributed by atoms with van der Waals surface area (Å²) in [5.74, 6) is -1.03. The maximum Gasteiger partial charge on any atom is 0.434 e. The van der Waals surface area contributed by atoms with E-state index in [1.165, 1.54) is 25.3 Å². The number of hydrogen-bond donors (Lipinski definition) is 2. The summed E-state index contributed by atoms with van der Waals surface area (Å²) in [5.41, 5.74) is 0.281. The van der Waals surface area contributed by atoms with E-state index >= 15 is 0 Å². The van der Waals surface area contributed by atoms with E-state index in [2.05, 4.69) is 15.0 Å². The Balaban J connectivity index is 1.65. The highest BCUT2D eigenvalue weighted by molar-refractivity contribution is 7.89. The van der Waals surface area contributed by atoms with Crippen molar-refractivity contribution in [2.75, 3.05) is 12.4 Å². The number of hydrogen-bond acceptors (Lipinski definition) is 8. The number of aromatic nitrogens is 1. The van der Waals surface area contributed by atoms with Crippen LogP contribution in [0.25, 0.3) is 21.9 Å².